The van der Waals surface area contributed by atoms with Crippen molar-refractivity contribution in [3.63, 3.8) is 0 Å². The highest BCUT2D eigenvalue weighted by Crippen LogP contribution is 2.21. The van der Waals surface area contributed by atoms with Gasteiger partial charge in [-0.2, -0.15) is 0 Å². The van der Waals surface area contributed by atoms with Crippen molar-refractivity contribution >= 4 is 18.5 Å². The van der Waals surface area contributed by atoms with Gasteiger partial charge in [0.2, 0.25) is 0 Å². The summed E-state index contributed by atoms with van der Waals surface area (Å²) in [5.41, 5.74) is 0. The molecule has 4 nitrogen and oxygen atoms in total. The van der Waals surface area contributed by atoms with Gasteiger partial charge in [-0.05, 0) is 6.07 Å². The van der Waals surface area contributed by atoms with Crippen LogP contribution in [0.2, 0.25) is 0 Å². The molecule has 0 aliphatic carbocycles. The first-order valence-electron chi connectivity index (χ1n) is 2.12. The molecule has 9 heavy (non-hydrogen) atoms. The lowest BCUT2D eigenvalue weighted by Gasteiger charge is -1.81. The van der Waals surface area contributed by atoms with Crippen LogP contribution in [0.3, 0.4) is 0 Å². The number of hydrogen-bond donors (Lipinski definition) is 1. The maximum absolute atomic E-state index is 9.95. The fourth-order valence-electron chi connectivity index (χ4n) is 0.431. The molecule has 48 valence electrons. The van der Waals surface area contributed by atoms with E-state index in [4.69, 9.17) is 0 Å². The summed E-state index contributed by atoms with van der Waals surface area (Å²) in [4.78, 5) is 9.57. The van der Waals surface area contributed by atoms with Crippen molar-refractivity contribution in [3.8, 4) is 0 Å². The molecule has 0 N–H and O–H groups in total. The normalized spacial score (nSPS) is 9.44. The number of nitrogens with zero attached hydrogens (tertiary/aromatic N) is 1. The smallest absolute Gasteiger partial charge is 0.408 e. The van der Waals surface area contributed by atoms with Gasteiger partial charge in [0.25, 0.3) is 0 Å². The minimum absolute atomic E-state index is 0.250. The molecule has 1 rings (SSSR count). The monoisotopic (exact) mass is 145 g/mol. The van der Waals surface area contributed by atoms with Gasteiger partial charge >= 0.3 is 5.88 Å². The molecule has 0 radical (unpaired) electrons. The summed E-state index contributed by atoms with van der Waals surface area (Å²) in [5, 5.41) is 9.95. The molecular formula is C4H3NO3S. The lowest BCUT2D eigenvalue weighted by molar-refractivity contribution is -0.405. The van der Waals surface area contributed by atoms with Crippen LogP contribution in [-0.2, 0) is 0 Å². The average Bonchev–Trinajstić information content (AvgIpc) is 2.13. The summed E-state index contributed by atoms with van der Waals surface area (Å²) in [7, 11) is 0. The van der Waals surface area contributed by atoms with Crippen LogP contribution in [0.4, 0.5) is 5.88 Å². The second-order valence-corrected chi connectivity index (χ2v) is 1.85. The quantitative estimate of drug-likeness (QED) is 0.370. The summed E-state index contributed by atoms with van der Waals surface area (Å²) in [6, 6.07) is 1.42. The molecule has 1 aromatic rings. The Labute approximate surface area is 56.0 Å². The van der Waals surface area contributed by atoms with Crippen LogP contribution in [0, 0.1) is 10.1 Å². The van der Waals surface area contributed by atoms with Crippen LogP contribution in [0.5, 0.6) is 0 Å². The summed E-state index contributed by atoms with van der Waals surface area (Å²) in [6.07, 6.45) is 1.22. The van der Waals surface area contributed by atoms with Crippen LogP contribution in [0.15, 0.2) is 21.6 Å². The number of hydrogen-bond acceptors (Lipinski definition) is 4. The molecule has 0 saturated heterocycles. The van der Waals surface area contributed by atoms with Gasteiger partial charge in [0, 0.05) is 0 Å². The van der Waals surface area contributed by atoms with E-state index in [9.17, 15) is 10.1 Å². The Hall–Kier alpha value is -0.970. The summed E-state index contributed by atoms with van der Waals surface area (Å²) in [5.74, 6) is -0.307. The van der Waals surface area contributed by atoms with Gasteiger partial charge in [0.05, 0.1) is 6.26 Å². The fraction of sp³-hybridized carbons (Fsp3) is 0. The van der Waals surface area contributed by atoms with Crippen LogP contribution >= 0.6 is 12.6 Å². The molecule has 1 aromatic heterocycles. The van der Waals surface area contributed by atoms with Crippen molar-refractivity contribution in [2.75, 3.05) is 0 Å². The standard InChI is InChI=1S/C4H3NO3S/c6-5(7)4-3(9)1-2-8-4/h1-2,9H. The zero-order valence-corrected chi connectivity index (χ0v) is 5.17. The molecular weight excluding hydrogens is 142 g/mol. The molecule has 5 heteroatoms. The zero-order valence-electron chi connectivity index (χ0n) is 4.27. The molecule has 0 amide bonds. The Morgan fingerprint density at radius 3 is 2.67 bits per heavy atom. The predicted molar refractivity (Wildman–Crippen MR) is 32.6 cm³/mol. The second-order valence-electron chi connectivity index (χ2n) is 1.37. The third-order valence-corrected chi connectivity index (χ3v) is 1.13. The molecule has 0 unspecified atom stereocenters. The summed E-state index contributed by atoms with van der Waals surface area (Å²) < 4.78 is 4.45. The topological polar surface area (TPSA) is 56.3 Å². The SMILES string of the molecule is O=[N+]([O-])c1occc1S. The van der Waals surface area contributed by atoms with Crippen LogP contribution in [0.25, 0.3) is 0 Å². The van der Waals surface area contributed by atoms with E-state index in [2.05, 4.69) is 17.0 Å². The van der Waals surface area contributed by atoms with Crippen molar-refractivity contribution in [2.45, 2.75) is 4.90 Å². The van der Waals surface area contributed by atoms with E-state index in [1.165, 1.54) is 12.3 Å². The molecule has 0 saturated carbocycles. The Morgan fingerprint density at radius 1 is 1.78 bits per heavy atom. The van der Waals surface area contributed by atoms with Crippen LogP contribution < -0.4 is 0 Å². The first-order chi connectivity index (χ1) is 4.22. The van der Waals surface area contributed by atoms with E-state index in [0.29, 0.717) is 0 Å². The number of nitro groups is 1. The Bertz CT molecular complexity index is 231. The van der Waals surface area contributed by atoms with Gasteiger partial charge < -0.3 is 4.42 Å². The maximum Gasteiger partial charge on any atom is 0.446 e. The molecule has 0 aliphatic rings. The van der Waals surface area contributed by atoms with Gasteiger partial charge in [0.1, 0.15) is 9.82 Å². The maximum atomic E-state index is 9.95. The Balaban J connectivity index is 3.08. The van der Waals surface area contributed by atoms with E-state index in [1.807, 2.05) is 0 Å². The summed E-state index contributed by atoms with van der Waals surface area (Å²) >= 11 is 3.75. The highest BCUT2D eigenvalue weighted by molar-refractivity contribution is 7.80. The van der Waals surface area contributed by atoms with Crippen molar-refractivity contribution in [3.05, 3.63) is 22.4 Å². The lowest BCUT2D eigenvalue weighted by Crippen LogP contribution is -1.84. The van der Waals surface area contributed by atoms with Crippen molar-refractivity contribution in [1.82, 2.24) is 0 Å². The van der Waals surface area contributed by atoms with Gasteiger partial charge in [-0.3, -0.25) is 10.1 Å². The van der Waals surface area contributed by atoms with Gasteiger partial charge in [-0.15, -0.1) is 12.6 Å². The van der Waals surface area contributed by atoms with Gasteiger partial charge in [-0.25, -0.2) is 0 Å². The Kier molecular flexibility index (Phi) is 1.44. The lowest BCUT2D eigenvalue weighted by atomic mass is 10.6. The highest BCUT2D eigenvalue weighted by Gasteiger charge is 2.13. The van der Waals surface area contributed by atoms with Crippen molar-refractivity contribution < 1.29 is 9.34 Å². The first kappa shape index (κ1) is 6.15. The number of thiol groups is 1. The van der Waals surface area contributed by atoms with Gasteiger partial charge in [0.15, 0.2) is 0 Å². The highest BCUT2D eigenvalue weighted by atomic mass is 32.1. The largest absolute Gasteiger partial charge is 0.446 e. The van der Waals surface area contributed by atoms with Crippen molar-refractivity contribution in [1.29, 1.82) is 0 Å². The van der Waals surface area contributed by atoms with E-state index in [-0.39, 0.29) is 10.8 Å². The predicted octanol–water partition coefficient (Wildman–Crippen LogP) is 1.48. The number of furan rings is 1. The zero-order chi connectivity index (χ0) is 6.85. The summed E-state index contributed by atoms with van der Waals surface area (Å²) in [6.45, 7) is 0. The molecule has 0 fully saturated rings. The fourth-order valence-corrected chi connectivity index (χ4v) is 0.626. The minimum Gasteiger partial charge on any atom is -0.408 e. The van der Waals surface area contributed by atoms with E-state index in [0.717, 1.165) is 0 Å². The van der Waals surface area contributed by atoms with E-state index >= 15 is 0 Å². The molecule has 0 atom stereocenters. The first-order valence-corrected chi connectivity index (χ1v) is 2.57. The van der Waals surface area contributed by atoms with Crippen LogP contribution in [0.1, 0.15) is 0 Å². The molecule has 1 heterocycles. The Morgan fingerprint density at radius 2 is 2.44 bits per heavy atom. The molecule has 0 aliphatic heterocycles. The molecule has 0 spiro atoms. The number of rotatable bonds is 1. The average molecular weight is 145 g/mol. The van der Waals surface area contributed by atoms with Gasteiger partial charge in [-0.1, -0.05) is 0 Å². The third-order valence-electron chi connectivity index (χ3n) is 0.791. The molecule has 0 aromatic carbocycles. The molecule has 0 bridgehead atoms. The second kappa shape index (κ2) is 2.10. The third kappa shape index (κ3) is 1.05. The van der Waals surface area contributed by atoms with E-state index in [1.54, 1.807) is 0 Å². The van der Waals surface area contributed by atoms with E-state index < -0.39 is 4.92 Å². The van der Waals surface area contributed by atoms with Crippen LogP contribution in [-0.4, -0.2) is 4.92 Å². The minimum atomic E-state index is -0.623. The van der Waals surface area contributed by atoms with Crippen molar-refractivity contribution in [2.24, 2.45) is 0 Å².